The van der Waals surface area contributed by atoms with E-state index in [-0.39, 0.29) is 12.5 Å². The maximum Gasteiger partial charge on any atom is 0.408 e. The molecule has 1 rings (SSSR count). The molecule has 0 spiro atoms. The summed E-state index contributed by atoms with van der Waals surface area (Å²) in [5.41, 5.74) is 6.05. The fourth-order valence-corrected chi connectivity index (χ4v) is 2.09. The van der Waals surface area contributed by atoms with E-state index in [4.69, 9.17) is 10.5 Å². The normalized spacial score (nSPS) is 13.0. The minimum atomic E-state index is -1.24. The minimum Gasteiger partial charge on any atom is -0.445 e. The van der Waals surface area contributed by atoms with E-state index in [0.29, 0.717) is 6.42 Å². The number of amides is 3. The van der Waals surface area contributed by atoms with Crippen molar-refractivity contribution < 1.29 is 24.2 Å². The van der Waals surface area contributed by atoms with Crippen LogP contribution >= 0.6 is 0 Å². The number of alkyl carbamates (subject to hydrolysis) is 1. The summed E-state index contributed by atoms with van der Waals surface area (Å²) in [7, 11) is 0. The third kappa shape index (κ3) is 7.67. The Morgan fingerprint density at radius 3 is 2.28 bits per heavy atom. The molecule has 0 aliphatic heterocycles. The van der Waals surface area contributed by atoms with Crippen molar-refractivity contribution >= 4 is 17.9 Å². The van der Waals surface area contributed by atoms with Crippen molar-refractivity contribution in [2.45, 2.75) is 39.0 Å². The Morgan fingerprint density at radius 2 is 1.76 bits per heavy atom. The molecule has 0 aliphatic rings. The van der Waals surface area contributed by atoms with Crippen LogP contribution in [0.5, 0.6) is 0 Å². The molecule has 2 unspecified atom stereocenters. The highest BCUT2D eigenvalue weighted by molar-refractivity contribution is 5.90. The number of ether oxygens (including phenoxy) is 1. The molecule has 0 fully saturated rings. The van der Waals surface area contributed by atoms with Gasteiger partial charge < -0.3 is 26.2 Å². The van der Waals surface area contributed by atoms with E-state index in [0.717, 1.165) is 5.56 Å². The number of hydrogen-bond donors (Lipinski definition) is 4. The van der Waals surface area contributed by atoms with Crippen molar-refractivity contribution in [3.05, 3.63) is 35.9 Å². The molecule has 8 heteroatoms. The van der Waals surface area contributed by atoms with Crippen LogP contribution in [0.1, 0.15) is 25.8 Å². The molecule has 138 valence electrons. The molecule has 1 aromatic rings. The molecule has 0 saturated carbocycles. The van der Waals surface area contributed by atoms with Crippen LogP contribution in [0.25, 0.3) is 0 Å². The highest BCUT2D eigenvalue weighted by Crippen LogP contribution is 2.05. The van der Waals surface area contributed by atoms with E-state index in [1.807, 2.05) is 19.9 Å². The maximum absolute atomic E-state index is 12.1. The van der Waals surface area contributed by atoms with Gasteiger partial charge in [0.15, 0.2) is 0 Å². The first-order chi connectivity index (χ1) is 11.8. The van der Waals surface area contributed by atoms with Crippen LogP contribution in [0.15, 0.2) is 30.3 Å². The number of rotatable bonds is 9. The van der Waals surface area contributed by atoms with Crippen molar-refractivity contribution in [1.82, 2.24) is 10.6 Å². The van der Waals surface area contributed by atoms with Gasteiger partial charge in [0.25, 0.3) is 0 Å². The van der Waals surface area contributed by atoms with Gasteiger partial charge in [-0.3, -0.25) is 9.59 Å². The number of aliphatic hydroxyl groups is 1. The molecule has 1 aromatic carbocycles. The lowest BCUT2D eigenvalue weighted by Crippen LogP contribution is -2.54. The minimum absolute atomic E-state index is 0.0314. The molecule has 8 nitrogen and oxygen atoms in total. The summed E-state index contributed by atoms with van der Waals surface area (Å²) in [6, 6.07) is 6.90. The second kappa shape index (κ2) is 10.3. The molecule has 5 N–H and O–H groups in total. The zero-order chi connectivity index (χ0) is 18.8. The predicted molar refractivity (Wildman–Crippen MR) is 91.2 cm³/mol. The van der Waals surface area contributed by atoms with E-state index in [1.54, 1.807) is 24.3 Å². The van der Waals surface area contributed by atoms with Crippen LogP contribution in [0.3, 0.4) is 0 Å². The third-order valence-electron chi connectivity index (χ3n) is 3.37. The molecule has 0 saturated heterocycles. The average Bonchev–Trinajstić information content (AvgIpc) is 2.57. The van der Waals surface area contributed by atoms with Gasteiger partial charge in [-0.1, -0.05) is 44.2 Å². The summed E-state index contributed by atoms with van der Waals surface area (Å²) in [5.74, 6) is -1.25. The second-order valence-electron chi connectivity index (χ2n) is 6.03. The Labute approximate surface area is 146 Å². The summed E-state index contributed by atoms with van der Waals surface area (Å²) in [6.45, 7) is 3.15. The number of benzene rings is 1. The highest BCUT2D eigenvalue weighted by atomic mass is 16.5. The van der Waals surface area contributed by atoms with Crippen LogP contribution in [0.2, 0.25) is 0 Å². The maximum atomic E-state index is 12.1. The molecular weight excluding hydrogens is 326 g/mol. The Kier molecular flexibility index (Phi) is 8.42. The van der Waals surface area contributed by atoms with Crippen molar-refractivity contribution in [3.63, 3.8) is 0 Å². The van der Waals surface area contributed by atoms with Gasteiger partial charge in [0.2, 0.25) is 11.8 Å². The van der Waals surface area contributed by atoms with Gasteiger partial charge in [0.1, 0.15) is 18.7 Å². The summed E-state index contributed by atoms with van der Waals surface area (Å²) in [6.07, 6.45) is -0.491. The van der Waals surface area contributed by atoms with Gasteiger partial charge in [0, 0.05) is 0 Å². The van der Waals surface area contributed by atoms with E-state index in [9.17, 15) is 19.5 Å². The van der Waals surface area contributed by atoms with Crippen LogP contribution in [-0.2, 0) is 20.9 Å². The first kappa shape index (κ1) is 20.4. The van der Waals surface area contributed by atoms with Crippen molar-refractivity contribution in [2.24, 2.45) is 11.7 Å². The molecule has 0 radical (unpaired) electrons. The van der Waals surface area contributed by atoms with Crippen LogP contribution in [-0.4, -0.2) is 41.7 Å². The predicted octanol–water partition coefficient (Wildman–Crippen LogP) is 0.290. The molecule has 0 aliphatic carbocycles. The SMILES string of the molecule is CC(C)CC(NC(=O)C(CO)NC(=O)OCc1ccccc1)C(N)=O. The number of nitrogens with one attached hydrogen (secondary N) is 2. The number of aliphatic hydroxyl groups excluding tert-OH is 1. The van der Waals surface area contributed by atoms with Crippen LogP contribution < -0.4 is 16.4 Å². The monoisotopic (exact) mass is 351 g/mol. The van der Waals surface area contributed by atoms with E-state index in [2.05, 4.69) is 10.6 Å². The molecule has 3 amide bonds. The van der Waals surface area contributed by atoms with Gasteiger partial charge in [-0.25, -0.2) is 4.79 Å². The average molecular weight is 351 g/mol. The number of nitrogens with two attached hydrogens (primary N) is 1. The molecule has 2 atom stereocenters. The van der Waals surface area contributed by atoms with Gasteiger partial charge >= 0.3 is 6.09 Å². The molecule has 0 bridgehead atoms. The Hall–Kier alpha value is -2.61. The number of carbonyl (C=O) groups excluding carboxylic acids is 3. The molecule has 0 heterocycles. The van der Waals surface area contributed by atoms with E-state index >= 15 is 0 Å². The third-order valence-corrected chi connectivity index (χ3v) is 3.37. The van der Waals surface area contributed by atoms with E-state index < -0.39 is 36.6 Å². The lowest BCUT2D eigenvalue weighted by Gasteiger charge is -2.21. The highest BCUT2D eigenvalue weighted by Gasteiger charge is 2.26. The Morgan fingerprint density at radius 1 is 1.12 bits per heavy atom. The molecular formula is C17H25N3O5. The topological polar surface area (TPSA) is 131 Å². The summed E-state index contributed by atoms with van der Waals surface area (Å²) < 4.78 is 4.99. The quantitative estimate of drug-likeness (QED) is 0.508. The van der Waals surface area contributed by atoms with Crippen LogP contribution in [0.4, 0.5) is 4.79 Å². The fraction of sp³-hybridized carbons (Fsp3) is 0.471. The smallest absolute Gasteiger partial charge is 0.408 e. The summed E-state index contributed by atoms with van der Waals surface area (Å²) >= 11 is 0. The summed E-state index contributed by atoms with van der Waals surface area (Å²) in [4.78, 5) is 35.3. The first-order valence-corrected chi connectivity index (χ1v) is 8.01. The number of hydrogen-bond acceptors (Lipinski definition) is 5. The van der Waals surface area contributed by atoms with Crippen molar-refractivity contribution in [1.29, 1.82) is 0 Å². The first-order valence-electron chi connectivity index (χ1n) is 8.01. The number of primary amides is 1. The lowest BCUT2D eigenvalue weighted by atomic mass is 10.0. The standard InChI is InChI=1S/C17H25N3O5/c1-11(2)8-13(15(18)22)19-16(23)14(9-21)20-17(24)25-10-12-6-4-3-5-7-12/h3-7,11,13-14,21H,8-10H2,1-2H3,(H2,18,22)(H,19,23)(H,20,24). The summed E-state index contributed by atoms with van der Waals surface area (Å²) in [5, 5.41) is 14.0. The molecule has 25 heavy (non-hydrogen) atoms. The Bertz CT molecular complexity index is 577. The largest absolute Gasteiger partial charge is 0.445 e. The van der Waals surface area contributed by atoms with Crippen LogP contribution in [0, 0.1) is 5.92 Å². The van der Waals surface area contributed by atoms with Gasteiger partial charge in [-0.15, -0.1) is 0 Å². The van der Waals surface area contributed by atoms with Crippen molar-refractivity contribution in [2.75, 3.05) is 6.61 Å². The second-order valence-corrected chi connectivity index (χ2v) is 6.03. The van der Waals surface area contributed by atoms with E-state index in [1.165, 1.54) is 0 Å². The van der Waals surface area contributed by atoms with Crippen molar-refractivity contribution in [3.8, 4) is 0 Å². The van der Waals surface area contributed by atoms with Gasteiger partial charge in [0.05, 0.1) is 6.61 Å². The number of carbonyl (C=O) groups is 3. The zero-order valence-corrected chi connectivity index (χ0v) is 14.4. The van der Waals surface area contributed by atoms with Gasteiger partial charge in [-0.05, 0) is 17.9 Å². The lowest BCUT2D eigenvalue weighted by molar-refractivity contribution is -0.129. The Balaban J connectivity index is 2.54. The van der Waals surface area contributed by atoms with Gasteiger partial charge in [-0.2, -0.15) is 0 Å². The fourth-order valence-electron chi connectivity index (χ4n) is 2.09. The molecule has 0 aromatic heterocycles. The zero-order valence-electron chi connectivity index (χ0n) is 14.4.